The first-order chi connectivity index (χ1) is 23.9. The van der Waals surface area contributed by atoms with E-state index in [-0.39, 0.29) is 25.9 Å². The smallest absolute Gasteiger partial charge is 0.396 e. The van der Waals surface area contributed by atoms with Crippen molar-refractivity contribution in [2.75, 3.05) is 6.61 Å². The average molecular weight is 695 g/mol. The van der Waals surface area contributed by atoms with Crippen LogP contribution in [0, 0.1) is 0 Å². The third kappa shape index (κ3) is 32.0. The molecule has 0 aliphatic carbocycles. The van der Waals surface area contributed by atoms with E-state index in [1.54, 1.807) is 0 Å². The molecule has 0 aromatic rings. The van der Waals surface area contributed by atoms with E-state index in [9.17, 15) is 19.8 Å². The van der Waals surface area contributed by atoms with E-state index >= 15 is 0 Å². The van der Waals surface area contributed by atoms with Gasteiger partial charge in [-0.3, -0.25) is 9.59 Å². The van der Waals surface area contributed by atoms with Gasteiger partial charge in [0.25, 0.3) is 0 Å². The summed E-state index contributed by atoms with van der Waals surface area (Å²) in [5.41, 5.74) is 0. The van der Waals surface area contributed by atoms with E-state index in [0.29, 0.717) is 25.7 Å². The van der Waals surface area contributed by atoms with Crippen molar-refractivity contribution in [1.29, 1.82) is 0 Å². The Morgan fingerprint density at radius 3 is 1.18 bits per heavy atom. The molecule has 0 aromatic carbocycles. The minimum absolute atomic E-state index is 0.0262. The summed E-state index contributed by atoms with van der Waals surface area (Å²) in [6.45, 7) is 4.43. The molecule has 0 aliphatic heterocycles. The molecule has 0 radical (unpaired) electrons. The molecular weight excluding hydrogens is 616 g/mol. The summed E-state index contributed by atoms with van der Waals surface area (Å²) in [6.07, 6.45) is 38.4. The third-order valence-corrected chi connectivity index (χ3v) is 9.11. The van der Waals surface area contributed by atoms with Crippen molar-refractivity contribution in [2.45, 2.75) is 225 Å². The monoisotopic (exact) mass is 695 g/mol. The molecule has 0 rings (SSSR count). The maximum atomic E-state index is 12.6. The number of hydrogen-bond acceptors (Lipinski definition) is 7. The number of unbranched alkanes of at least 4 members (excludes halogenated alkanes) is 23. The molecule has 7 nitrogen and oxygen atoms in total. The van der Waals surface area contributed by atoms with Crippen LogP contribution in [0.5, 0.6) is 0 Å². The van der Waals surface area contributed by atoms with Crippen LogP contribution in [-0.2, 0) is 19.1 Å². The normalized spacial score (nSPS) is 12.7. The Bertz CT molecular complexity index is 740. The van der Waals surface area contributed by atoms with E-state index in [2.05, 4.69) is 38.2 Å². The molecule has 0 saturated carbocycles. The molecule has 0 fully saturated rings. The van der Waals surface area contributed by atoms with Crippen molar-refractivity contribution >= 4 is 11.9 Å². The zero-order chi connectivity index (χ0) is 36.1. The van der Waals surface area contributed by atoms with Crippen molar-refractivity contribution in [2.24, 2.45) is 0 Å². The molecule has 0 saturated heterocycles. The van der Waals surface area contributed by atoms with Crippen molar-refractivity contribution < 1.29 is 34.4 Å². The molecular formula is C42H78O7. The van der Waals surface area contributed by atoms with Crippen LogP contribution in [0.4, 0.5) is 0 Å². The second-order valence-electron chi connectivity index (χ2n) is 14.0. The van der Waals surface area contributed by atoms with E-state index in [1.165, 1.54) is 89.9 Å². The van der Waals surface area contributed by atoms with Crippen LogP contribution in [0.25, 0.3) is 0 Å². The van der Waals surface area contributed by atoms with Crippen molar-refractivity contribution in [1.82, 2.24) is 0 Å². The molecule has 0 amide bonds. The Hall–Kier alpha value is -1.70. The largest absolute Gasteiger partial charge is 0.401 e. The SMILES string of the molecule is CCCCCCCC/C=C\CCCCCCCC(=O)OC(O)(OC(=O)CCCCCCC/C=C\CCCCCCCC)C(O)CCCCO. The van der Waals surface area contributed by atoms with Gasteiger partial charge in [0.2, 0.25) is 0 Å². The fourth-order valence-electron chi connectivity index (χ4n) is 5.90. The Balaban J connectivity index is 4.22. The topological polar surface area (TPSA) is 113 Å². The van der Waals surface area contributed by atoms with Crippen LogP contribution < -0.4 is 0 Å². The molecule has 0 spiro atoms. The van der Waals surface area contributed by atoms with E-state index in [1.807, 2.05) is 0 Å². The summed E-state index contributed by atoms with van der Waals surface area (Å²) in [5.74, 6) is -4.11. The van der Waals surface area contributed by atoms with Crippen LogP contribution >= 0.6 is 0 Å². The van der Waals surface area contributed by atoms with E-state index in [4.69, 9.17) is 14.6 Å². The number of hydrogen-bond donors (Lipinski definition) is 3. The van der Waals surface area contributed by atoms with Gasteiger partial charge >= 0.3 is 17.9 Å². The molecule has 7 heteroatoms. The first-order valence-electron chi connectivity index (χ1n) is 20.6. The lowest BCUT2D eigenvalue weighted by atomic mass is 10.1. The summed E-state index contributed by atoms with van der Waals surface area (Å²) in [7, 11) is 0. The minimum Gasteiger partial charge on any atom is -0.396 e. The number of aliphatic hydroxyl groups is 3. The molecule has 288 valence electrons. The van der Waals surface area contributed by atoms with Crippen LogP contribution in [0.15, 0.2) is 24.3 Å². The van der Waals surface area contributed by atoms with Gasteiger partial charge in [-0.1, -0.05) is 141 Å². The lowest BCUT2D eigenvalue weighted by Crippen LogP contribution is -2.50. The molecule has 3 N–H and O–H groups in total. The Labute approximate surface area is 301 Å². The maximum Gasteiger partial charge on any atom is 0.401 e. The van der Waals surface area contributed by atoms with Gasteiger partial charge in [-0.2, -0.15) is 0 Å². The third-order valence-electron chi connectivity index (χ3n) is 9.11. The van der Waals surface area contributed by atoms with Gasteiger partial charge < -0.3 is 24.8 Å². The quantitative estimate of drug-likeness (QED) is 0.0257. The van der Waals surface area contributed by atoms with Gasteiger partial charge in [-0.15, -0.1) is 0 Å². The van der Waals surface area contributed by atoms with Gasteiger partial charge in [-0.05, 0) is 83.5 Å². The highest BCUT2D eigenvalue weighted by Gasteiger charge is 2.44. The van der Waals surface area contributed by atoms with Gasteiger partial charge in [-0.25, -0.2) is 0 Å². The van der Waals surface area contributed by atoms with Gasteiger partial charge in [0.15, 0.2) is 6.10 Å². The molecule has 1 atom stereocenters. The number of carbonyl (C=O) groups is 2. The second kappa shape index (κ2) is 36.1. The predicted molar refractivity (Wildman–Crippen MR) is 203 cm³/mol. The molecule has 0 bridgehead atoms. The fourth-order valence-corrected chi connectivity index (χ4v) is 5.90. The highest BCUT2D eigenvalue weighted by molar-refractivity contribution is 5.71. The zero-order valence-corrected chi connectivity index (χ0v) is 32.0. The lowest BCUT2D eigenvalue weighted by Gasteiger charge is -2.31. The number of rotatable bonds is 37. The fraction of sp³-hybridized carbons (Fsp3) is 0.857. The highest BCUT2D eigenvalue weighted by atomic mass is 16.8. The standard InChI is InChI=1S/C42H78O7/c1-3-5-7-9-11-13-15-17-19-21-23-25-27-29-31-36-40(45)48-42(47,39(44)35-33-34-38-43)49-41(46)37-32-30-28-26-24-22-20-18-16-14-12-10-8-6-4-2/h17-20,39,43-44,47H,3-16,21-38H2,1-2H3/b19-17-,20-18-. The zero-order valence-electron chi connectivity index (χ0n) is 32.0. The van der Waals surface area contributed by atoms with Crippen LogP contribution in [0.2, 0.25) is 0 Å². The van der Waals surface area contributed by atoms with Gasteiger partial charge in [0, 0.05) is 19.4 Å². The summed E-state index contributed by atoms with van der Waals surface area (Å²) in [6, 6.07) is 0. The molecule has 0 heterocycles. The second-order valence-corrected chi connectivity index (χ2v) is 14.0. The molecule has 0 aromatic heterocycles. The van der Waals surface area contributed by atoms with E-state index in [0.717, 1.165) is 64.2 Å². The molecule has 49 heavy (non-hydrogen) atoms. The van der Waals surface area contributed by atoms with E-state index < -0.39 is 24.0 Å². The number of esters is 2. The number of allylic oxidation sites excluding steroid dienone is 4. The first kappa shape index (κ1) is 47.3. The average Bonchev–Trinajstić information content (AvgIpc) is 3.08. The molecule has 0 aliphatic rings. The summed E-state index contributed by atoms with van der Waals surface area (Å²) in [4.78, 5) is 25.2. The maximum absolute atomic E-state index is 12.6. The number of carbonyl (C=O) groups excluding carboxylic acids is 2. The van der Waals surface area contributed by atoms with Crippen LogP contribution in [0.1, 0.15) is 213 Å². The molecule has 1 unspecified atom stereocenters. The van der Waals surface area contributed by atoms with Crippen LogP contribution in [-0.4, -0.2) is 45.9 Å². The first-order valence-corrected chi connectivity index (χ1v) is 20.6. The van der Waals surface area contributed by atoms with Gasteiger partial charge in [0.05, 0.1) is 0 Å². The van der Waals surface area contributed by atoms with Gasteiger partial charge in [0.1, 0.15) is 0 Å². The number of aliphatic hydroxyl groups excluding tert-OH is 2. The lowest BCUT2D eigenvalue weighted by molar-refractivity contribution is -0.361. The minimum atomic E-state index is -2.71. The Kier molecular flexibility index (Phi) is 34.9. The summed E-state index contributed by atoms with van der Waals surface area (Å²) in [5, 5.41) is 30.6. The number of ether oxygens (including phenoxy) is 2. The van der Waals surface area contributed by atoms with Crippen LogP contribution in [0.3, 0.4) is 0 Å². The van der Waals surface area contributed by atoms with Crippen molar-refractivity contribution in [3.63, 3.8) is 0 Å². The summed E-state index contributed by atoms with van der Waals surface area (Å²) < 4.78 is 10.4. The van der Waals surface area contributed by atoms with Crippen molar-refractivity contribution in [3.8, 4) is 0 Å². The Morgan fingerprint density at radius 1 is 0.510 bits per heavy atom. The predicted octanol–water partition coefficient (Wildman–Crippen LogP) is 11.3. The summed E-state index contributed by atoms with van der Waals surface area (Å²) >= 11 is 0. The highest BCUT2D eigenvalue weighted by Crippen LogP contribution is 2.23. The van der Waals surface area contributed by atoms with Crippen molar-refractivity contribution in [3.05, 3.63) is 24.3 Å². The Morgan fingerprint density at radius 2 is 0.837 bits per heavy atom.